The Balaban J connectivity index is 0. The van der Waals surface area contributed by atoms with Gasteiger partial charge in [-0.2, -0.15) is 0 Å². The summed E-state index contributed by atoms with van der Waals surface area (Å²) in [6.45, 7) is 11.3. The Kier molecular flexibility index (Phi) is 15.5. The Bertz CT molecular complexity index is 182. The van der Waals surface area contributed by atoms with Crippen molar-refractivity contribution in [3.05, 3.63) is 19.1 Å². The van der Waals surface area contributed by atoms with Gasteiger partial charge >= 0.3 is 5.97 Å². The van der Waals surface area contributed by atoms with Crippen LogP contribution in [0.5, 0.6) is 0 Å². The van der Waals surface area contributed by atoms with E-state index in [1.807, 2.05) is 0 Å². The molecule has 0 aliphatic rings. The highest BCUT2D eigenvalue weighted by atomic mass is 16.5. The van der Waals surface area contributed by atoms with Crippen molar-refractivity contribution in [2.75, 3.05) is 26.7 Å². The number of methoxy groups -OCH3 is 1. The van der Waals surface area contributed by atoms with Gasteiger partial charge in [-0.25, -0.2) is 4.79 Å². The van der Waals surface area contributed by atoms with Crippen molar-refractivity contribution >= 4 is 5.97 Å². The third-order valence-electron chi connectivity index (χ3n) is 1.78. The number of nitrogens with one attached hydrogen (secondary N) is 1. The standard InChI is InChI=1S/C10H19NO2.C2H6N/c1-4-5-7-11-8-6-9(2)10(12)13-3;1-2-3/h11H,2,4-8H2,1,3H3;1-3H2. The van der Waals surface area contributed by atoms with Crippen LogP contribution in [-0.4, -0.2) is 32.7 Å². The molecule has 0 aromatic carbocycles. The summed E-state index contributed by atoms with van der Waals surface area (Å²) in [5, 5.41) is 3.23. The summed E-state index contributed by atoms with van der Waals surface area (Å²) in [6.07, 6.45) is 3.02. The van der Waals surface area contributed by atoms with Gasteiger partial charge in [0.15, 0.2) is 0 Å². The molecule has 4 nitrogen and oxygen atoms in total. The molecule has 0 amide bonds. The van der Waals surface area contributed by atoms with Crippen molar-refractivity contribution in [3.8, 4) is 0 Å². The van der Waals surface area contributed by atoms with E-state index in [0.717, 1.165) is 13.1 Å². The van der Waals surface area contributed by atoms with Gasteiger partial charge in [-0.3, -0.25) is 0 Å². The van der Waals surface area contributed by atoms with E-state index in [2.05, 4.69) is 30.5 Å². The van der Waals surface area contributed by atoms with Gasteiger partial charge in [-0.15, -0.1) is 0 Å². The second-order valence-corrected chi connectivity index (χ2v) is 3.24. The number of carbonyl (C=O) groups excluding carboxylic acids is 1. The molecule has 0 aromatic rings. The van der Waals surface area contributed by atoms with Crippen molar-refractivity contribution in [1.29, 1.82) is 0 Å². The highest BCUT2D eigenvalue weighted by Crippen LogP contribution is 1.98. The highest BCUT2D eigenvalue weighted by molar-refractivity contribution is 5.87. The number of hydrogen-bond acceptors (Lipinski definition) is 4. The van der Waals surface area contributed by atoms with Crippen molar-refractivity contribution in [2.24, 2.45) is 5.73 Å². The molecule has 0 aliphatic heterocycles. The molecule has 0 aromatic heterocycles. The van der Waals surface area contributed by atoms with Crippen LogP contribution in [-0.2, 0) is 9.53 Å². The minimum atomic E-state index is -0.308. The summed E-state index contributed by atoms with van der Waals surface area (Å²) in [7, 11) is 1.37. The van der Waals surface area contributed by atoms with Crippen LogP contribution >= 0.6 is 0 Å². The van der Waals surface area contributed by atoms with Gasteiger partial charge in [-0.1, -0.05) is 19.9 Å². The molecule has 95 valence electrons. The minimum Gasteiger partial charge on any atom is -0.466 e. The van der Waals surface area contributed by atoms with Crippen LogP contribution in [0.15, 0.2) is 12.2 Å². The van der Waals surface area contributed by atoms with Crippen LogP contribution in [0.3, 0.4) is 0 Å². The van der Waals surface area contributed by atoms with Gasteiger partial charge < -0.3 is 15.8 Å². The van der Waals surface area contributed by atoms with Crippen LogP contribution in [0.4, 0.5) is 0 Å². The molecule has 0 aliphatic carbocycles. The molecular weight excluding hydrogens is 204 g/mol. The van der Waals surface area contributed by atoms with Crippen molar-refractivity contribution in [3.63, 3.8) is 0 Å². The zero-order valence-electron chi connectivity index (χ0n) is 10.6. The molecule has 0 spiro atoms. The van der Waals surface area contributed by atoms with E-state index in [0.29, 0.717) is 18.5 Å². The van der Waals surface area contributed by atoms with Crippen LogP contribution in [0.25, 0.3) is 0 Å². The topological polar surface area (TPSA) is 64.3 Å². The molecule has 1 radical (unpaired) electrons. The SMILES string of the molecule is C=C(CCNCCCC)C(=O)OC.[CH2]CN. The molecule has 4 heteroatoms. The van der Waals surface area contributed by atoms with Crippen molar-refractivity contribution < 1.29 is 9.53 Å². The fourth-order valence-electron chi connectivity index (χ4n) is 0.912. The second kappa shape index (κ2) is 14.1. The zero-order chi connectivity index (χ0) is 12.8. The molecule has 0 atom stereocenters. The maximum atomic E-state index is 10.9. The number of esters is 1. The van der Waals surface area contributed by atoms with Crippen LogP contribution in [0.2, 0.25) is 0 Å². The first-order valence-electron chi connectivity index (χ1n) is 5.60. The quantitative estimate of drug-likeness (QED) is 0.392. The van der Waals surface area contributed by atoms with Crippen LogP contribution < -0.4 is 11.1 Å². The third kappa shape index (κ3) is 13.1. The zero-order valence-corrected chi connectivity index (χ0v) is 10.6. The second-order valence-electron chi connectivity index (χ2n) is 3.24. The maximum absolute atomic E-state index is 10.9. The molecular formula is C12H25N2O2. The molecule has 0 bridgehead atoms. The van der Waals surface area contributed by atoms with E-state index in [1.54, 1.807) is 0 Å². The number of hydrogen-bond donors (Lipinski definition) is 2. The first-order valence-corrected chi connectivity index (χ1v) is 5.60. The summed E-state index contributed by atoms with van der Waals surface area (Å²) in [5.74, 6) is -0.308. The number of nitrogens with two attached hydrogens (primary N) is 1. The Morgan fingerprint density at radius 1 is 1.44 bits per heavy atom. The molecule has 0 saturated carbocycles. The summed E-state index contributed by atoms with van der Waals surface area (Å²) in [5.41, 5.74) is 5.27. The Morgan fingerprint density at radius 3 is 2.44 bits per heavy atom. The van der Waals surface area contributed by atoms with Gasteiger partial charge in [0.2, 0.25) is 0 Å². The fraction of sp³-hybridized carbons (Fsp3) is 0.667. The normalized spacial score (nSPS) is 9.00. The monoisotopic (exact) mass is 229 g/mol. The van der Waals surface area contributed by atoms with Gasteiger partial charge in [-0.05, 0) is 39.4 Å². The van der Waals surface area contributed by atoms with Crippen LogP contribution in [0, 0.1) is 6.92 Å². The largest absolute Gasteiger partial charge is 0.466 e. The predicted molar refractivity (Wildman–Crippen MR) is 68.0 cm³/mol. The van der Waals surface area contributed by atoms with Gasteiger partial charge in [0.25, 0.3) is 0 Å². The molecule has 0 fully saturated rings. The average molecular weight is 229 g/mol. The lowest BCUT2D eigenvalue weighted by atomic mass is 10.2. The Labute approximate surface area is 99.2 Å². The maximum Gasteiger partial charge on any atom is 0.333 e. The van der Waals surface area contributed by atoms with Gasteiger partial charge in [0.1, 0.15) is 0 Å². The van der Waals surface area contributed by atoms with E-state index in [9.17, 15) is 4.79 Å². The van der Waals surface area contributed by atoms with E-state index < -0.39 is 0 Å². The summed E-state index contributed by atoms with van der Waals surface area (Å²) in [4.78, 5) is 10.9. The van der Waals surface area contributed by atoms with Crippen molar-refractivity contribution in [1.82, 2.24) is 5.32 Å². The third-order valence-corrected chi connectivity index (χ3v) is 1.78. The van der Waals surface area contributed by atoms with Crippen molar-refractivity contribution in [2.45, 2.75) is 26.2 Å². The van der Waals surface area contributed by atoms with E-state index in [1.165, 1.54) is 20.0 Å². The predicted octanol–water partition coefficient (Wildman–Crippen LogP) is 1.27. The summed E-state index contributed by atoms with van der Waals surface area (Å²) < 4.78 is 4.52. The Morgan fingerprint density at radius 2 is 2.00 bits per heavy atom. The molecule has 0 unspecified atom stereocenters. The summed E-state index contributed by atoms with van der Waals surface area (Å²) >= 11 is 0. The molecule has 0 saturated heterocycles. The smallest absolute Gasteiger partial charge is 0.333 e. The fourth-order valence-corrected chi connectivity index (χ4v) is 0.912. The lowest BCUT2D eigenvalue weighted by Crippen LogP contribution is -2.18. The number of carbonyl (C=O) groups is 1. The number of rotatable bonds is 7. The molecule has 0 heterocycles. The minimum absolute atomic E-state index is 0.308. The Hall–Kier alpha value is -0.870. The number of unbranched alkanes of at least 4 members (excludes halogenated alkanes) is 1. The highest BCUT2D eigenvalue weighted by Gasteiger charge is 2.04. The van der Waals surface area contributed by atoms with E-state index in [-0.39, 0.29) is 5.97 Å². The van der Waals surface area contributed by atoms with Crippen LogP contribution in [0.1, 0.15) is 26.2 Å². The van der Waals surface area contributed by atoms with E-state index >= 15 is 0 Å². The van der Waals surface area contributed by atoms with Gasteiger partial charge in [0, 0.05) is 5.57 Å². The van der Waals surface area contributed by atoms with E-state index in [4.69, 9.17) is 5.73 Å². The molecule has 3 N–H and O–H groups in total. The first kappa shape index (κ1) is 17.5. The average Bonchev–Trinajstić information content (AvgIpc) is 2.28. The molecule has 16 heavy (non-hydrogen) atoms. The summed E-state index contributed by atoms with van der Waals surface area (Å²) in [6, 6.07) is 0. The molecule has 0 rings (SSSR count). The first-order chi connectivity index (χ1) is 7.63. The lowest BCUT2D eigenvalue weighted by molar-refractivity contribution is -0.136. The lowest BCUT2D eigenvalue weighted by Gasteiger charge is -2.04. The number of ether oxygens (including phenoxy) is 1. The van der Waals surface area contributed by atoms with Gasteiger partial charge in [0.05, 0.1) is 7.11 Å².